The molecule has 2 heterocycles. The largest absolute Gasteiger partial charge is 0.493 e. The maximum Gasteiger partial charge on any atom is 0.293 e. The number of amides is 2. The van der Waals surface area contributed by atoms with Crippen LogP contribution in [0.15, 0.2) is 53.4 Å². The molecule has 1 aliphatic rings. The van der Waals surface area contributed by atoms with Gasteiger partial charge < -0.3 is 14.0 Å². The quantitative estimate of drug-likeness (QED) is 0.208. The minimum Gasteiger partial charge on any atom is -0.493 e. The summed E-state index contributed by atoms with van der Waals surface area (Å²) < 4.78 is 12.8. The molecule has 36 heavy (non-hydrogen) atoms. The van der Waals surface area contributed by atoms with Crippen LogP contribution >= 0.6 is 23.4 Å². The molecule has 1 aromatic heterocycles. The molecule has 11 heteroatoms. The smallest absolute Gasteiger partial charge is 0.293 e. The highest BCUT2D eigenvalue weighted by Gasteiger charge is 2.35. The van der Waals surface area contributed by atoms with E-state index in [9.17, 15) is 19.7 Å². The van der Waals surface area contributed by atoms with Crippen molar-refractivity contribution in [3.63, 3.8) is 0 Å². The molecule has 0 N–H and O–H groups in total. The van der Waals surface area contributed by atoms with E-state index in [0.717, 1.165) is 33.6 Å². The number of aryl methyl sites for hydroxylation is 1. The molecule has 0 unspecified atom stereocenters. The molecule has 0 bridgehead atoms. The number of carbonyl (C=O) groups excluding carboxylic acids is 2. The van der Waals surface area contributed by atoms with Gasteiger partial charge in [-0.05, 0) is 67.6 Å². The van der Waals surface area contributed by atoms with Crippen LogP contribution in [0.2, 0.25) is 5.02 Å². The Morgan fingerprint density at radius 3 is 2.53 bits per heavy atom. The van der Waals surface area contributed by atoms with Gasteiger partial charge in [-0.2, -0.15) is 0 Å². The number of nitro benzene ring substituents is 1. The van der Waals surface area contributed by atoms with Crippen molar-refractivity contribution in [1.29, 1.82) is 0 Å². The zero-order chi connectivity index (χ0) is 26.0. The number of nitrogens with zero attached hydrogens (tertiary/aromatic N) is 3. The maximum absolute atomic E-state index is 13.0. The molecule has 2 amide bonds. The Kier molecular flexibility index (Phi) is 7.37. The van der Waals surface area contributed by atoms with Gasteiger partial charge >= 0.3 is 0 Å². The first-order chi connectivity index (χ1) is 17.2. The average Bonchev–Trinajstić information content (AvgIpc) is 3.28. The highest BCUT2D eigenvalue weighted by atomic mass is 35.5. The van der Waals surface area contributed by atoms with Gasteiger partial charge in [-0.25, -0.2) is 0 Å². The summed E-state index contributed by atoms with van der Waals surface area (Å²) in [5.41, 5.74) is 2.66. The summed E-state index contributed by atoms with van der Waals surface area (Å²) in [5.74, 6) is 0.686. The predicted molar refractivity (Wildman–Crippen MR) is 138 cm³/mol. The van der Waals surface area contributed by atoms with Crippen LogP contribution in [0.1, 0.15) is 17.0 Å². The van der Waals surface area contributed by atoms with E-state index in [1.165, 1.54) is 19.2 Å². The number of carbonyl (C=O) groups is 2. The lowest BCUT2D eigenvalue weighted by Gasteiger charge is -2.14. The van der Waals surface area contributed by atoms with Crippen molar-refractivity contribution in [3.05, 3.63) is 85.5 Å². The first-order valence-corrected chi connectivity index (χ1v) is 12.0. The van der Waals surface area contributed by atoms with E-state index in [1.807, 2.05) is 30.5 Å². The Balaban J connectivity index is 1.53. The van der Waals surface area contributed by atoms with Gasteiger partial charge in [0.15, 0.2) is 11.5 Å². The molecule has 0 saturated carbocycles. The summed E-state index contributed by atoms with van der Waals surface area (Å²) in [7, 11) is 1.54. The molecule has 1 fully saturated rings. The lowest BCUT2D eigenvalue weighted by atomic mass is 10.2. The third kappa shape index (κ3) is 4.95. The van der Waals surface area contributed by atoms with Gasteiger partial charge in [0.2, 0.25) is 0 Å². The second-order valence-corrected chi connectivity index (χ2v) is 9.29. The highest BCUT2D eigenvalue weighted by Crippen LogP contribution is 2.35. The van der Waals surface area contributed by atoms with Crippen LogP contribution in [0.25, 0.3) is 11.8 Å². The Bertz CT molecular complexity index is 1400. The van der Waals surface area contributed by atoms with Crippen molar-refractivity contribution in [2.45, 2.75) is 13.8 Å². The molecule has 3 aromatic rings. The van der Waals surface area contributed by atoms with Crippen molar-refractivity contribution < 1.29 is 24.0 Å². The molecule has 2 aromatic carbocycles. The fraction of sp³-hybridized carbons (Fsp3) is 0.200. The van der Waals surface area contributed by atoms with Gasteiger partial charge in [-0.15, -0.1) is 0 Å². The number of hydrogen-bond donors (Lipinski definition) is 0. The normalized spacial score (nSPS) is 14.6. The number of benzene rings is 2. The summed E-state index contributed by atoms with van der Waals surface area (Å²) in [5, 5.41) is 11.0. The van der Waals surface area contributed by atoms with Crippen molar-refractivity contribution >= 4 is 46.3 Å². The first kappa shape index (κ1) is 25.3. The van der Waals surface area contributed by atoms with Crippen LogP contribution in [-0.2, 0) is 4.79 Å². The molecule has 0 atom stereocenters. The fourth-order valence-corrected chi connectivity index (χ4v) is 4.97. The predicted octanol–water partition coefficient (Wildman–Crippen LogP) is 5.78. The number of nitro groups is 1. The zero-order valence-electron chi connectivity index (χ0n) is 19.7. The monoisotopic (exact) mass is 527 g/mol. The molecular weight excluding hydrogens is 506 g/mol. The van der Waals surface area contributed by atoms with Gasteiger partial charge in [0.05, 0.1) is 29.2 Å². The van der Waals surface area contributed by atoms with E-state index in [0.29, 0.717) is 22.1 Å². The molecule has 9 nitrogen and oxygen atoms in total. The van der Waals surface area contributed by atoms with E-state index in [2.05, 4.69) is 0 Å². The van der Waals surface area contributed by atoms with Crippen molar-refractivity contribution in [3.8, 4) is 17.2 Å². The third-order valence-electron chi connectivity index (χ3n) is 5.66. The topological polar surface area (TPSA) is 104 Å². The van der Waals surface area contributed by atoms with Crippen LogP contribution in [-0.4, -0.2) is 45.8 Å². The van der Waals surface area contributed by atoms with Gasteiger partial charge in [0, 0.05) is 17.5 Å². The van der Waals surface area contributed by atoms with Crippen LogP contribution in [0.4, 0.5) is 10.5 Å². The maximum atomic E-state index is 13.0. The van der Waals surface area contributed by atoms with Crippen molar-refractivity contribution in [1.82, 2.24) is 9.47 Å². The van der Waals surface area contributed by atoms with Gasteiger partial charge in [-0.3, -0.25) is 24.6 Å². The first-order valence-electron chi connectivity index (χ1n) is 10.9. The number of hydrogen-bond acceptors (Lipinski definition) is 7. The summed E-state index contributed by atoms with van der Waals surface area (Å²) in [6.45, 7) is 3.90. The molecule has 0 spiro atoms. The van der Waals surface area contributed by atoms with E-state index in [4.69, 9.17) is 21.1 Å². The molecule has 0 aliphatic carbocycles. The van der Waals surface area contributed by atoms with Crippen LogP contribution in [0.5, 0.6) is 11.5 Å². The SMILES string of the molecule is COc1ccccc1OCCN1C(=O)S/C(=C\c2cc(C)n(-c3ccc(Cl)c([N+](=O)[O-])c3)c2C)C1=O. The molecule has 1 aliphatic heterocycles. The average molecular weight is 528 g/mol. The second-order valence-electron chi connectivity index (χ2n) is 7.89. The number of methoxy groups -OCH3 is 1. The van der Waals surface area contributed by atoms with Gasteiger partial charge in [0.25, 0.3) is 16.8 Å². The Morgan fingerprint density at radius 1 is 1.11 bits per heavy atom. The molecule has 0 radical (unpaired) electrons. The minimum absolute atomic E-state index is 0.0507. The van der Waals surface area contributed by atoms with Gasteiger partial charge in [-0.1, -0.05) is 23.7 Å². The lowest BCUT2D eigenvalue weighted by molar-refractivity contribution is -0.384. The zero-order valence-corrected chi connectivity index (χ0v) is 21.3. The number of aromatic nitrogens is 1. The number of thioether (sulfide) groups is 1. The number of ether oxygens (including phenoxy) is 2. The standard InChI is InChI=1S/C25H22ClN3O6S/c1-15-12-17(16(2)28(15)18-8-9-19(26)20(14-18)29(32)33)13-23-24(30)27(25(31)36-23)10-11-35-22-7-5-4-6-21(22)34-3/h4-9,12-14H,10-11H2,1-3H3/b23-13-. The molecule has 4 rings (SSSR count). The van der Waals surface area contributed by atoms with E-state index >= 15 is 0 Å². The molecule has 186 valence electrons. The summed E-state index contributed by atoms with van der Waals surface area (Å²) >= 11 is 6.81. The fourth-order valence-electron chi connectivity index (χ4n) is 3.93. The molecule has 1 saturated heterocycles. The lowest BCUT2D eigenvalue weighted by Crippen LogP contribution is -2.32. The Labute approximate surface area is 216 Å². The van der Waals surface area contributed by atoms with Crippen molar-refractivity contribution in [2.24, 2.45) is 0 Å². The van der Waals surface area contributed by atoms with Crippen LogP contribution in [0, 0.1) is 24.0 Å². The number of rotatable bonds is 8. The van der Waals surface area contributed by atoms with Gasteiger partial charge in [0.1, 0.15) is 11.6 Å². The Hall–Kier alpha value is -3.76. The van der Waals surface area contributed by atoms with E-state index < -0.39 is 10.8 Å². The second kappa shape index (κ2) is 10.5. The number of imide groups is 1. The van der Waals surface area contributed by atoms with Crippen LogP contribution < -0.4 is 9.47 Å². The summed E-state index contributed by atoms with van der Waals surface area (Å²) in [6.07, 6.45) is 1.66. The highest BCUT2D eigenvalue weighted by molar-refractivity contribution is 8.18. The Morgan fingerprint density at radius 2 is 1.83 bits per heavy atom. The molecular formula is C25H22ClN3O6S. The van der Waals surface area contributed by atoms with Crippen LogP contribution in [0.3, 0.4) is 0 Å². The van der Waals surface area contributed by atoms with E-state index in [-0.39, 0.29) is 29.1 Å². The van der Waals surface area contributed by atoms with Crippen molar-refractivity contribution in [2.75, 3.05) is 20.3 Å². The third-order valence-corrected chi connectivity index (χ3v) is 6.88. The number of para-hydroxylation sites is 2. The number of halogens is 1. The summed E-state index contributed by atoms with van der Waals surface area (Å²) in [4.78, 5) is 37.7. The minimum atomic E-state index is -0.533. The summed E-state index contributed by atoms with van der Waals surface area (Å²) in [6, 6.07) is 13.6. The van der Waals surface area contributed by atoms with E-state index in [1.54, 1.807) is 30.3 Å².